The zero-order valence-electron chi connectivity index (χ0n) is 15.5. The third-order valence-corrected chi connectivity index (χ3v) is 6.75. The lowest BCUT2D eigenvalue weighted by Gasteiger charge is -2.31. The number of hydrogen-bond acceptors (Lipinski definition) is 3. The summed E-state index contributed by atoms with van der Waals surface area (Å²) in [5.41, 5.74) is 3.47. The Hall–Kier alpha value is -1.91. The molecule has 0 unspecified atom stereocenters. The fraction of sp³-hybridized carbons (Fsp3) is 0.364. The van der Waals surface area contributed by atoms with E-state index in [-0.39, 0.29) is 5.91 Å². The van der Waals surface area contributed by atoms with Gasteiger partial charge in [-0.3, -0.25) is 4.79 Å². The SMILES string of the molecule is Cc1ccc(CCC(=O)N2CCC(c3nc4cc(Cl)ccc4s3)CC2)cc1. The van der Waals surface area contributed by atoms with Crippen molar-refractivity contribution in [1.29, 1.82) is 0 Å². The predicted molar refractivity (Wildman–Crippen MR) is 113 cm³/mol. The molecule has 4 rings (SSSR count). The molecule has 1 saturated heterocycles. The Labute approximate surface area is 169 Å². The molecular formula is C22H23ClN2OS. The van der Waals surface area contributed by atoms with Gasteiger partial charge in [0.2, 0.25) is 5.91 Å². The number of rotatable bonds is 4. The molecule has 3 aromatic rings. The van der Waals surface area contributed by atoms with E-state index >= 15 is 0 Å². The number of aromatic nitrogens is 1. The molecule has 5 heteroatoms. The third kappa shape index (κ3) is 4.33. The van der Waals surface area contributed by atoms with Crippen molar-refractivity contribution in [2.45, 2.75) is 38.5 Å². The van der Waals surface area contributed by atoms with E-state index in [2.05, 4.69) is 31.2 Å². The maximum atomic E-state index is 12.6. The smallest absolute Gasteiger partial charge is 0.222 e. The van der Waals surface area contributed by atoms with Gasteiger partial charge in [-0.1, -0.05) is 41.4 Å². The molecule has 1 fully saturated rings. The Morgan fingerprint density at radius 3 is 2.67 bits per heavy atom. The molecule has 0 bridgehead atoms. The minimum Gasteiger partial charge on any atom is -0.343 e. The first kappa shape index (κ1) is 18.5. The summed E-state index contributed by atoms with van der Waals surface area (Å²) in [4.78, 5) is 19.4. The van der Waals surface area contributed by atoms with Gasteiger partial charge < -0.3 is 4.90 Å². The van der Waals surface area contributed by atoms with Crippen molar-refractivity contribution in [2.75, 3.05) is 13.1 Å². The van der Waals surface area contributed by atoms with Crippen LogP contribution in [-0.4, -0.2) is 28.9 Å². The van der Waals surface area contributed by atoms with Crippen LogP contribution in [0.4, 0.5) is 0 Å². The van der Waals surface area contributed by atoms with Gasteiger partial charge in [0.25, 0.3) is 0 Å². The Morgan fingerprint density at radius 2 is 1.93 bits per heavy atom. The van der Waals surface area contributed by atoms with Gasteiger partial charge >= 0.3 is 0 Å². The van der Waals surface area contributed by atoms with Crippen molar-refractivity contribution < 1.29 is 4.79 Å². The highest BCUT2D eigenvalue weighted by atomic mass is 35.5. The number of likely N-dealkylation sites (tertiary alicyclic amines) is 1. The van der Waals surface area contributed by atoms with Crippen LogP contribution in [-0.2, 0) is 11.2 Å². The Morgan fingerprint density at radius 1 is 1.19 bits per heavy atom. The van der Waals surface area contributed by atoms with E-state index in [1.54, 1.807) is 11.3 Å². The lowest BCUT2D eigenvalue weighted by molar-refractivity contribution is -0.132. The van der Waals surface area contributed by atoms with E-state index in [4.69, 9.17) is 16.6 Å². The van der Waals surface area contributed by atoms with Gasteiger partial charge in [-0.2, -0.15) is 0 Å². The Bertz CT molecular complexity index is 943. The van der Waals surface area contributed by atoms with Crippen LogP contribution < -0.4 is 0 Å². The average Bonchev–Trinajstić information content (AvgIpc) is 3.10. The number of thiazole rings is 1. The standard InChI is InChI=1S/C22H23ClN2OS/c1-15-2-4-16(5-3-15)6-9-21(26)25-12-10-17(11-13-25)22-24-19-14-18(23)7-8-20(19)27-22/h2-5,7-8,14,17H,6,9-13H2,1H3. The molecule has 140 valence electrons. The number of benzene rings is 2. The molecule has 0 aliphatic carbocycles. The molecule has 0 atom stereocenters. The monoisotopic (exact) mass is 398 g/mol. The van der Waals surface area contributed by atoms with Gasteiger partial charge in [0, 0.05) is 30.5 Å². The van der Waals surface area contributed by atoms with Crippen LogP contribution in [0.3, 0.4) is 0 Å². The van der Waals surface area contributed by atoms with E-state index in [0.29, 0.717) is 12.3 Å². The van der Waals surface area contributed by atoms with Crippen LogP contribution in [0.2, 0.25) is 5.02 Å². The number of piperidine rings is 1. The number of fused-ring (bicyclic) bond motifs is 1. The second-order valence-corrected chi connectivity index (χ2v) is 8.80. The van der Waals surface area contributed by atoms with Gasteiger partial charge in [0.1, 0.15) is 0 Å². The maximum Gasteiger partial charge on any atom is 0.222 e. The molecule has 1 aliphatic rings. The topological polar surface area (TPSA) is 33.2 Å². The van der Waals surface area contributed by atoms with Crippen LogP contribution in [0.5, 0.6) is 0 Å². The van der Waals surface area contributed by atoms with Gasteiger partial charge in [0.15, 0.2) is 0 Å². The average molecular weight is 399 g/mol. The second kappa shape index (κ2) is 7.99. The number of amides is 1. The first-order valence-electron chi connectivity index (χ1n) is 9.48. The van der Waals surface area contributed by atoms with Gasteiger partial charge in [-0.05, 0) is 49.9 Å². The normalized spacial score (nSPS) is 15.4. The molecule has 0 radical (unpaired) electrons. The van der Waals surface area contributed by atoms with Crippen molar-refractivity contribution in [2.24, 2.45) is 0 Å². The zero-order chi connectivity index (χ0) is 18.8. The van der Waals surface area contributed by atoms with Crippen molar-refractivity contribution in [3.63, 3.8) is 0 Å². The number of nitrogens with zero attached hydrogens (tertiary/aromatic N) is 2. The summed E-state index contributed by atoms with van der Waals surface area (Å²) < 4.78 is 1.19. The molecule has 1 amide bonds. The molecule has 2 heterocycles. The van der Waals surface area contributed by atoms with Crippen LogP contribution >= 0.6 is 22.9 Å². The minimum atomic E-state index is 0.269. The summed E-state index contributed by atoms with van der Waals surface area (Å²) in [5, 5.41) is 1.91. The Kier molecular flexibility index (Phi) is 5.46. The maximum absolute atomic E-state index is 12.6. The summed E-state index contributed by atoms with van der Waals surface area (Å²) in [7, 11) is 0. The number of aryl methyl sites for hydroxylation is 2. The molecule has 3 nitrogen and oxygen atoms in total. The highest BCUT2D eigenvalue weighted by molar-refractivity contribution is 7.18. The molecule has 1 aliphatic heterocycles. The van der Waals surface area contributed by atoms with Gasteiger partial charge in [-0.15, -0.1) is 11.3 Å². The third-order valence-electron chi connectivity index (χ3n) is 5.31. The molecule has 1 aromatic heterocycles. The fourth-order valence-corrected chi connectivity index (χ4v) is 4.92. The molecular weight excluding hydrogens is 376 g/mol. The molecule has 2 aromatic carbocycles. The Balaban J connectivity index is 1.32. The fourth-order valence-electron chi connectivity index (χ4n) is 3.63. The van der Waals surface area contributed by atoms with Crippen LogP contribution in [0, 0.1) is 6.92 Å². The van der Waals surface area contributed by atoms with E-state index in [1.807, 2.05) is 23.1 Å². The van der Waals surface area contributed by atoms with Crippen molar-refractivity contribution in [3.05, 3.63) is 63.6 Å². The highest BCUT2D eigenvalue weighted by Crippen LogP contribution is 2.34. The summed E-state index contributed by atoms with van der Waals surface area (Å²) >= 11 is 7.83. The van der Waals surface area contributed by atoms with Crippen molar-refractivity contribution >= 4 is 39.1 Å². The summed E-state index contributed by atoms with van der Waals surface area (Å²) in [6, 6.07) is 14.3. The number of carbonyl (C=O) groups excluding carboxylic acids is 1. The van der Waals surface area contributed by atoms with Crippen LogP contribution in [0.25, 0.3) is 10.2 Å². The van der Waals surface area contributed by atoms with Crippen LogP contribution in [0.15, 0.2) is 42.5 Å². The number of hydrogen-bond donors (Lipinski definition) is 0. The molecule has 0 N–H and O–H groups in total. The van der Waals surface area contributed by atoms with Gasteiger partial charge in [-0.25, -0.2) is 4.98 Å². The number of halogens is 1. The van der Waals surface area contributed by atoms with Crippen molar-refractivity contribution in [1.82, 2.24) is 9.88 Å². The first-order valence-corrected chi connectivity index (χ1v) is 10.7. The second-order valence-electron chi connectivity index (χ2n) is 7.30. The quantitative estimate of drug-likeness (QED) is 0.573. The number of carbonyl (C=O) groups is 1. The van der Waals surface area contributed by atoms with E-state index in [1.165, 1.54) is 20.8 Å². The minimum absolute atomic E-state index is 0.269. The van der Waals surface area contributed by atoms with Gasteiger partial charge in [0.05, 0.1) is 15.2 Å². The van der Waals surface area contributed by atoms with E-state index < -0.39 is 0 Å². The van der Waals surface area contributed by atoms with Crippen molar-refractivity contribution in [3.8, 4) is 0 Å². The summed E-state index contributed by atoms with van der Waals surface area (Å²) in [6.07, 6.45) is 3.39. The molecule has 0 saturated carbocycles. The zero-order valence-corrected chi connectivity index (χ0v) is 17.0. The highest BCUT2D eigenvalue weighted by Gasteiger charge is 2.25. The lowest BCUT2D eigenvalue weighted by atomic mass is 9.97. The van der Waals surface area contributed by atoms with Crippen LogP contribution in [0.1, 0.15) is 41.3 Å². The molecule has 27 heavy (non-hydrogen) atoms. The van der Waals surface area contributed by atoms with E-state index in [9.17, 15) is 4.79 Å². The van der Waals surface area contributed by atoms with E-state index in [0.717, 1.165) is 42.9 Å². The lowest BCUT2D eigenvalue weighted by Crippen LogP contribution is -2.38. The summed E-state index contributed by atoms with van der Waals surface area (Å²) in [6.45, 7) is 3.74. The molecule has 0 spiro atoms. The predicted octanol–water partition coefficient (Wildman–Crippen LogP) is 5.60. The largest absolute Gasteiger partial charge is 0.343 e. The summed E-state index contributed by atoms with van der Waals surface area (Å²) in [5.74, 6) is 0.715. The first-order chi connectivity index (χ1) is 13.1.